The molecule has 1 aliphatic rings. The number of nitrogens with zero attached hydrogens (tertiary/aromatic N) is 2. The topological polar surface area (TPSA) is 32.8 Å². The third-order valence-electron chi connectivity index (χ3n) is 6.42. The van der Waals surface area contributed by atoms with Gasteiger partial charge in [0.05, 0.1) is 0 Å². The van der Waals surface area contributed by atoms with Crippen LogP contribution in [0.15, 0.2) is 72.8 Å². The van der Waals surface area contributed by atoms with Crippen molar-refractivity contribution in [2.24, 2.45) is 0 Å². The highest BCUT2D eigenvalue weighted by molar-refractivity contribution is 6.30. The van der Waals surface area contributed by atoms with E-state index in [4.69, 9.17) is 16.3 Å². The Morgan fingerprint density at radius 2 is 1.75 bits per heavy atom. The van der Waals surface area contributed by atoms with E-state index in [2.05, 4.69) is 11.0 Å². The minimum Gasteiger partial charge on any atom is -0.444 e. The summed E-state index contributed by atoms with van der Waals surface area (Å²) >= 11 is 6.29. The second-order valence-electron chi connectivity index (χ2n) is 10.5. The second kappa shape index (κ2) is 11.4. The van der Waals surface area contributed by atoms with Crippen molar-refractivity contribution < 1.29 is 13.9 Å². The van der Waals surface area contributed by atoms with Crippen LogP contribution in [0.2, 0.25) is 5.02 Å². The number of benzene rings is 3. The number of hydrogen-bond donors (Lipinski definition) is 0. The van der Waals surface area contributed by atoms with Gasteiger partial charge in [0.2, 0.25) is 0 Å². The third kappa shape index (κ3) is 7.31. The Morgan fingerprint density at radius 3 is 2.44 bits per heavy atom. The van der Waals surface area contributed by atoms with Crippen LogP contribution in [0.1, 0.15) is 43.0 Å². The Morgan fingerprint density at radius 1 is 1.03 bits per heavy atom. The van der Waals surface area contributed by atoms with Gasteiger partial charge in [-0.3, -0.25) is 4.90 Å². The van der Waals surface area contributed by atoms with E-state index < -0.39 is 5.60 Å². The van der Waals surface area contributed by atoms with Crippen LogP contribution in [-0.4, -0.2) is 40.6 Å². The summed E-state index contributed by atoms with van der Waals surface area (Å²) in [4.78, 5) is 17.3. The monoisotopic (exact) mass is 508 g/mol. The minimum atomic E-state index is -0.569. The smallest absolute Gasteiger partial charge is 0.410 e. The van der Waals surface area contributed by atoms with Gasteiger partial charge in [0.25, 0.3) is 0 Å². The SMILES string of the molecule is CC(C)(C)OC(=O)N(CCN1Cc2ccc(Cl)cc2CC1Cc1ccc(F)cc1)Cc1ccccc1. The summed E-state index contributed by atoms with van der Waals surface area (Å²) < 4.78 is 19.2. The fraction of sp³-hybridized carbons (Fsp3) is 0.367. The highest BCUT2D eigenvalue weighted by atomic mass is 35.5. The highest BCUT2D eigenvalue weighted by Crippen LogP contribution is 2.28. The molecule has 0 spiro atoms. The number of fused-ring (bicyclic) bond motifs is 1. The summed E-state index contributed by atoms with van der Waals surface area (Å²) in [6.07, 6.45) is 1.32. The zero-order chi connectivity index (χ0) is 25.7. The van der Waals surface area contributed by atoms with E-state index in [9.17, 15) is 9.18 Å². The number of ether oxygens (including phenoxy) is 1. The molecular formula is C30H34ClFN2O2. The summed E-state index contributed by atoms with van der Waals surface area (Å²) in [5.74, 6) is -0.231. The first-order valence-electron chi connectivity index (χ1n) is 12.4. The Labute approximate surface area is 218 Å². The summed E-state index contributed by atoms with van der Waals surface area (Å²) in [6, 6.07) is 23.0. The summed E-state index contributed by atoms with van der Waals surface area (Å²) in [7, 11) is 0. The predicted molar refractivity (Wildman–Crippen MR) is 143 cm³/mol. The van der Waals surface area contributed by atoms with Crippen LogP contribution >= 0.6 is 11.6 Å². The van der Waals surface area contributed by atoms with Crippen LogP contribution in [0.5, 0.6) is 0 Å². The maximum absolute atomic E-state index is 13.5. The van der Waals surface area contributed by atoms with Gasteiger partial charge in [-0.1, -0.05) is 60.1 Å². The van der Waals surface area contributed by atoms with Crippen LogP contribution in [0.25, 0.3) is 0 Å². The van der Waals surface area contributed by atoms with Crippen molar-refractivity contribution in [2.45, 2.75) is 58.3 Å². The Hall–Kier alpha value is -2.89. The zero-order valence-electron chi connectivity index (χ0n) is 21.2. The van der Waals surface area contributed by atoms with Gasteiger partial charge >= 0.3 is 6.09 Å². The Balaban J connectivity index is 1.53. The number of hydrogen-bond acceptors (Lipinski definition) is 3. The maximum Gasteiger partial charge on any atom is 0.410 e. The molecule has 36 heavy (non-hydrogen) atoms. The molecule has 0 saturated heterocycles. The number of rotatable bonds is 7. The minimum absolute atomic E-state index is 0.207. The van der Waals surface area contributed by atoms with E-state index in [1.807, 2.05) is 75.4 Å². The molecule has 0 saturated carbocycles. The van der Waals surface area contributed by atoms with Gasteiger partial charge in [0.15, 0.2) is 0 Å². The van der Waals surface area contributed by atoms with Crippen LogP contribution in [0.4, 0.5) is 9.18 Å². The lowest BCUT2D eigenvalue weighted by Crippen LogP contribution is -2.47. The molecule has 3 aromatic carbocycles. The number of halogens is 2. The van der Waals surface area contributed by atoms with E-state index in [1.165, 1.54) is 23.3 Å². The van der Waals surface area contributed by atoms with Crippen molar-refractivity contribution in [2.75, 3.05) is 13.1 Å². The molecule has 0 aliphatic carbocycles. The van der Waals surface area contributed by atoms with Crippen LogP contribution in [0.3, 0.4) is 0 Å². The van der Waals surface area contributed by atoms with Crippen molar-refractivity contribution in [3.8, 4) is 0 Å². The quantitative estimate of drug-likeness (QED) is 0.348. The van der Waals surface area contributed by atoms with Crippen molar-refractivity contribution in [1.29, 1.82) is 0 Å². The van der Waals surface area contributed by atoms with E-state index in [0.717, 1.165) is 35.5 Å². The number of carbonyl (C=O) groups is 1. The van der Waals surface area contributed by atoms with Crippen LogP contribution in [-0.2, 0) is 30.7 Å². The molecule has 1 amide bonds. The van der Waals surface area contributed by atoms with Crippen molar-refractivity contribution in [3.05, 3.63) is 106 Å². The summed E-state index contributed by atoms with van der Waals surface area (Å²) in [6.45, 7) is 8.14. The average molecular weight is 509 g/mol. The standard InChI is InChI=1S/C30H34ClFN2O2/c1-30(2,3)36-29(35)34(20-23-7-5-4-6-8-23)16-15-33-21-24-11-12-26(31)18-25(24)19-28(33)17-22-9-13-27(32)14-10-22/h4-14,18,28H,15-17,19-21H2,1-3H3. The molecular weight excluding hydrogens is 475 g/mol. The number of carbonyl (C=O) groups excluding carboxylic acids is 1. The first-order valence-corrected chi connectivity index (χ1v) is 12.8. The van der Waals surface area contributed by atoms with E-state index >= 15 is 0 Å². The number of amides is 1. The molecule has 0 radical (unpaired) electrons. The molecule has 0 fully saturated rings. The molecule has 0 aromatic heterocycles. The van der Waals surface area contributed by atoms with Gasteiger partial charge < -0.3 is 9.64 Å². The average Bonchev–Trinajstić information content (AvgIpc) is 2.82. The van der Waals surface area contributed by atoms with Gasteiger partial charge in [-0.25, -0.2) is 9.18 Å². The molecule has 1 heterocycles. The van der Waals surface area contributed by atoms with Crippen LogP contribution < -0.4 is 0 Å². The molecule has 1 atom stereocenters. The molecule has 6 heteroatoms. The van der Waals surface area contributed by atoms with Crippen molar-refractivity contribution in [1.82, 2.24) is 9.80 Å². The summed E-state index contributed by atoms with van der Waals surface area (Å²) in [5.41, 5.74) is 4.08. The largest absolute Gasteiger partial charge is 0.444 e. The van der Waals surface area contributed by atoms with Gasteiger partial charge in [0.1, 0.15) is 11.4 Å². The second-order valence-corrected chi connectivity index (χ2v) is 10.9. The predicted octanol–water partition coefficient (Wildman–Crippen LogP) is 6.89. The molecule has 3 aromatic rings. The summed E-state index contributed by atoms with van der Waals surface area (Å²) in [5, 5.41) is 0.738. The van der Waals surface area contributed by atoms with Crippen molar-refractivity contribution in [3.63, 3.8) is 0 Å². The zero-order valence-corrected chi connectivity index (χ0v) is 22.0. The first-order chi connectivity index (χ1) is 17.2. The fourth-order valence-electron chi connectivity index (χ4n) is 4.64. The van der Waals surface area contributed by atoms with E-state index in [-0.39, 0.29) is 18.0 Å². The molecule has 0 bridgehead atoms. The lowest BCUT2D eigenvalue weighted by Gasteiger charge is -2.38. The maximum atomic E-state index is 13.5. The fourth-order valence-corrected chi connectivity index (χ4v) is 4.83. The van der Waals surface area contributed by atoms with Crippen LogP contribution in [0, 0.1) is 5.82 Å². The van der Waals surface area contributed by atoms with Gasteiger partial charge in [-0.15, -0.1) is 0 Å². The molecule has 1 aliphatic heterocycles. The lowest BCUT2D eigenvalue weighted by molar-refractivity contribution is 0.0198. The van der Waals surface area contributed by atoms with Gasteiger partial charge in [0, 0.05) is 37.2 Å². The normalized spacial score (nSPS) is 15.9. The molecule has 1 unspecified atom stereocenters. The molecule has 4 rings (SSSR count). The Kier molecular flexibility index (Phi) is 8.32. The lowest BCUT2D eigenvalue weighted by atomic mass is 9.90. The Bertz CT molecular complexity index is 1160. The third-order valence-corrected chi connectivity index (χ3v) is 6.66. The van der Waals surface area contributed by atoms with E-state index in [1.54, 1.807) is 4.90 Å². The van der Waals surface area contributed by atoms with E-state index in [0.29, 0.717) is 19.6 Å². The van der Waals surface area contributed by atoms with Gasteiger partial charge in [-0.05, 0) is 80.1 Å². The van der Waals surface area contributed by atoms with Crippen molar-refractivity contribution >= 4 is 17.7 Å². The molecule has 0 N–H and O–H groups in total. The highest BCUT2D eigenvalue weighted by Gasteiger charge is 2.29. The molecule has 190 valence electrons. The first kappa shape index (κ1) is 26.2. The molecule has 4 nitrogen and oxygen atoms in total. The van der Waals surface area contributed by atoms with Gasteiger partial charge in [-0.2, -0.15) is 0 Å².